The van der Waals surface area contributed by atoms with Crippen molar-refractivity contribution in [3.8, 4) is 11.5 Å². The van der Waals surface area contributed by atoms with Crippen LogP contribution >= 0.6 is 24.0 Å². The lowest BCUT2D eigenvalue weighted by Gasteiger charge is -2.14. The lowest BCUT2D eigenvalue weighted by atomic mass is 10.0. The molecule has 0 aliphatic carbocycles. The van der Waals surface area contributed by atoms with Crippen molar-refractivity contribution in [1.82, 2.24) is 5.32 Å². The summed E-state index contributed by atoms with van der Waals surface area (Å²) in [6.07, 6.45) is 0. The Balaban J connectivity index is 0.00000338. The van der Waals surface area contributed by atoms with Crippen molar-refractivity contribution in [3.63, 3.8) is 0 Å². The molecule has 0 aromatic heterocycles. The summed E-state index contributed by atoms with van der Waals surface area (Å²) < 4.78 is 10.5. The first-order valence-electron chi connectivity index (χ1n) is 8.34. The second-order valence-corrected chi connectivity index (χ2v) is 6.08. The van der Waals surface area contributed by atoms with Crippen LogP contribution in [0.4, 0.5) is 0 Å². The lowest BCUT2D eigenvalue weighted by Crippen LogP contribution is -2.34. The fourth-order valence-electron chi connectivity index (χ4n) is 2.48. The van der Waals surface area contributed by atoms with Gasteiger partial charge in [0.1, 0.15) is 0 Å². The van der Waals surface area contributed by atoms with E-state index in [9.17, 15) is 0 Å². The largest absolute Gasteiger partial charge is 0.493 e. The number of ether oxygens (including phenoxy) is 2. The molecule has 0 aliphatic rings. The van der Waals surface area contributed by atoms with Gasteiger partial charge in [-0.2, -0.15) is 0 Å². The first kappa shape index (κ1) is 22.1. The fraction of sp³-hybridized carbons (Fsp3) is 0.350. The van der Waals surface area contributed by atoms with Crippen LogP contribution in [0.5, 0.6) is 11.5 Å². The molecule has 0 radical (unpaired) electrons. The van der Waals surface area contributed by atoms with Gasteiger partial charge < -0.3 is 20.5 Å². The third-order valence-electron chi connectivity index (χ3n) is 4.12. The van der Waals surface area contributed by atoms with Crippen LogP contribution in [0, 0.1) is 6.92 Å². The molecule has 1 unspecified atom stereocenters. The Labute approximate surface area is 173 Å². The molecule has 0 saturated heterocycles. The SMILES string of the molecule is COc1ccc(CN=C(N)NCC(C)c2ccc(C)cc2)cc1OC.I. The Kier molecular flexibility index (Phi) is 9.26. The molecule has 6 heteroatoms. The molecule has 0 spiro atoms. The van der Waals surface area contributed by atoms with Crippen molar-refractivity contribution < 1.29 is 9.47 Å². The molecule has 142 valence electrons. The summed E-state index contributed by atoms with van der Waals surface area (Å²) in [4.78, 5) is 4.39. The van der Waals surface area contributed by atoms with E-state index in [1.807, 2.05) is 18.2 Å². The van der Waals surface area contributed by atoms with Crippen LogP contribution in [0.1, 0.15) is 29.5 Å². The number of halogens is 1. The summed E-state index contributed by atoms with van der Waals surface area (Å²) >= 11 is 0. The van der Waals surface area contributed by atoms with Crippen molar-refractivity contribution in [1.29, 1.82) is 0 Å². The maximum absolute atomic E-state index is 5.98. The van der Waals surface area contributed by atoms with E-state index in [1.54, 1.807) is 14.2 Å². The Morgan fingerprint density at radius 2 is 1.73 bits per heavy atom. The van der Waals surface area contributed by atoms with Crippen molar-refractivity contribution in [2.24, 2.45) is 10.7 Å². The number of guanidine groups is 1. The maximum Gasteiger partial charge on any atom is 0.188 e. The third-order valence-corrected chi connectivity index (χ3v) is 4.12. The summed E-state index contributed by atoms with van der Waals surface area (Å²) in [5.74, 6) is 2.19. The van der Waals surface area contributed by atoms with E-state index in [1.165, 1.54) is 11.1 Å². The topological polar surface area (TPSA) is 68.9 Å². The van der Waals surface area contributed by atoms with Gasteiger partial charge in [-0.05, 0) is 36.1 Å². The van der Waals surface area contributed by atoms with E-state index in [2.05, 4.69) is 48.4 Å². The molecule has 0 amide bonds. The highest BCUT2D eigenvalue weighted by molar-refractivity contribution is 14.0. The lowest BCUT2D eigenvalue weighted by molar-refractivity contribution is 0.354. The third kappa shape index (κ3) is 6.40. The van der Waals surface area contributed by atoms with Gasteiger partial charge in [-0.15, -0.1) is 24.0 Å². The highest BCUT2D eigenvalue weighted by Gasteiger charge is 2.06. The molecule has 0 bridgehead atoms. The van der Waals surface area contributed by atoms with Gasteiger partial charge in [-0.3, -0.25) is 0 Å². The Bertz CT molecular complexity index is 717. The number of aliphatic imine (C=N–C) groups is 1. The Morgan fingerprint density at radius 1 is 1.08 bits per heavy atom. The van der Waals surface area contributed by atoms with Crippen molar-refractivity contribution >= 4 is 29.9 Å². The van der Waals surface area contributed by atoms with Crippen molar-refractivity contribution in [3.05, 3.63) is 59.2 Å². The summed E-state index contributed by atoms with van der Waals surface area (Å²) in [7, 11) is 3.24. The number of nitrogens with one attached hydrogen (secondary N) is 1. The second kappa shape index (κ2) is 10.9. The summed E-state index contributed by atoms with van der Waals surface area (Å²) in [6.45, 7) is 5.48. The Hall–Kier alpha value is -1.96. The molecule has 0 aliphatic heterocycles. The predicted octanol–water partition coefficient (Wildman–Crippen LogP) is 3.84. The zero-order chi connectivity index (χ0) is 18.2. The zero-order valence-corrected chi connectivity index (χ0v) is 18.1. The molecule has 0 saturated carbocycles. The van der Waals surface area contributed by atoms with Gasteiger partial charge in [-0.25, -0.2) is 4.99 Å². The van der Waals surface area contributed by atoms with Gasteiger partial charge in [0.15, 0.2) is 17.5 Å². The number of benzene rings is 2. The minimum atomic E-state index is 0. The number of hydrogen-bond acceptors (Lipinski definition) is 3. The highest BCUT2D eigenvalue weighted by Crippen LogP contribution is 2.27. The number of nitrogens with zero attached hydrogens (tertiary/aromatic N) is 1. The van der Waals surface area contributed by atoms with Gasteiger partial charge in [0.25, 0.3) is 0 Å². The van der Waals surface area contributed by atoms with E-state index in [-0.39, 0.29) is 24.0 Å². The quantitative estimate of drug-likeness (QED) is 0.368. The van der Waals surface area contributed by atoms with E-state index in [0.717, 1.165) is 12.1 Å². The second-order valence-electron chi connectivity index (χ2n) is 6.08. The zero-order valence-electron chi connectivity index (χ0n) is 15.8. The summed E-state index contributed by atoms with van der Waals surface area (Å²) in [5.41, 5.74) is 9.54. The standard InChI is InChI=1S/C20H27N3O2.HI/c1-14-5-8-17(9-6-14)15(2)12-22-20(21)23-13-16-7-10-18(24-3)19(11-16)25-4;/h5-11,15H,12-13H2,1-4H3,(H3,21,22,23);1H. The van der Waals surface area contributed by atoms with E-state index in [4.69, 9.17) is 15.2 Å². The van der Waals surface area contributed by atoms with Gasteiger partial charge >= 0.3 is 0 Å². The molecule has 0 fully saturated rings. The molecule has 2 aromatic carbocycles. The molecule has 2 rings (SSSR count). The van der Waals surface area contributed by atoms with Crippen molar-refractivity contribution in [2.45, 2.75) is 26.3 Å². The summed E-state index contributed by atoms with van der Waals surface area (Å²) in [5, 5.41) is 3.19. The summed E-state index contributed by atoms with van der Waals surface area (Å²) in [6, 6.07) is 14.3. The molecule has 3 N–H and O–H groups in total. The molecule has 5 nitrogen and oxygen atoms in total. The van der Waals surface area contributed by atoms with Crippen LogP contribution in [-0.2, 0) is 6.54 Å². The minimum absolute atomic E-state index is 0. The number of aryl methyl sites for hydroxylation is 1. The fourth-order valence-corrected chi connectivity index (χ4v) is 2.48. The average molecular weight is 469 g/mol. The number of rotatable bonds is 7. The van der Waals surface area contributed by atoms with Gasteiger partial charge in [-0.1, -0.05) is 42.8 Å². The number of nitrogens with two attached hydrogens (primary N) is 1. The van der Waals surface area contributed by atoms with Gasteiger partial charge in [0.2, 0.25) is 0 Å². The van der Waals surface area contributed by atoms with E-state index >= 15 is 0 Å². The van der Waals surface area contributed by atoms with Crippen LogP contribution in [0.2, 0.25) is 0 Å². The van der Waals surface area contributed by atoms with Crippen molar-refractivity contribution in [2.75, 3.05) is 20.8 Å². The molecule has 1 atom stereocenters. The van der Waals surface area contributed by atoms with Crippen LogP contribution in [0.25, 0.3) is 0 Å². The maximum atomic E-state index is 5.98. The van der Waals surface area contributed by atoms with Crippen LogP contribution in [0.15, 0.2) is 47.5 Å². The van der Waals surface area contributed by atoms with E-state index in [0.29, 0.717) is 29.9 Å². The highest BCUT2D eigenvalue weighted by atomic mass is 127. The van der Waals surface area contributed by atoms with Crippen LogP contribution in [0.3, 0.4) is 0 Å². The van der Waals surface area contributed by atoms with Crippen LogP contribution < -0.4 is 20.5 Å². The van der Waals surface area contributed by atoms with Gasteiger partial charge in [0.05, 0.1) is 20.8 Å². The molecular weight excluding hydrogens is 441 g/mol. The minimum Gasteiger partial charge on any atom is -0.493 e. The molecule has 0 heterocycles. The normalized spacial score (nSPS) is 12.1. The molecular formula is C20H28IN3O2. The number of hydrogen-bond donors (Lipinski definition) is 2. The van der Waals surface area contributed by atoms with E-state index < -0.39 is 0 Å². The number of methoxy groups -OCH3 is 2. The first-order valence-corrected chi connectivity index (χ1v) is 8.34. The monoisotopic (exact) mass is 469 g/mol. The first-order chi connectivity index (χ1) is 12.0. The average Bonchev–Trinajstić information content (AvgIpc) is 2.64. The molecule has 26 heavy (non-hydrogen) atoms. The molecule has 2 aromatic rings. The smallest absolute Gasteiger partial charge is 0.188 e. The van der Waals surface area contributed by atoms with Crippen LogP contribution in [-0.4, -0.2) is 26.7 Å². The predicted molar refractivity (Wildman–Crippen MR) is 118 cm³/mol. The van der Waals surface area contributed by atoms with Gasteiger partial charge in [0, 0.05) is 6.54 Å². The Morgan fingerprint density at radius 3 is 2.35 bits per heavy atom.